The van der Waals surface area contributed by atoms with E-state index in [1.807, 2.05) is 7.05 Å². The Bertz CT molecular complexity index is 1170. The van der Waals surface area contributed by atoms with E-state index in [2.05, 4.69) is 15.5 Å². The van der Waals surface area contributed by atoms with E-state index in [4.69, 9.17) is 4.74 Å². The van der Waals surface area contributed by atoms with Crippen LogP contribution in [0.5, 0.6) is 0 Å². The number of likely N-dealkylation sites (tertiary alicyclic amines) is 1. The molecule has 1 aromatic carbocycles. The maximum absolute atomic E-state index is 13.6. The minimum atomic E-state index is -4.48. The zero-order valence-corrected chi connectivity index (χ0v) is 21.5. The van der Waals surface area contributed by atoms with Crippen molar-refractivity contribution in [3.05, 3.63) is 63.1 Å². The van der Waals surface area contributed by atoms with Crippen molar-refractivity contribution in [1.29, 1.82) is 0 Å². The fourth-order valence-corrected chi connectivity index (χ4v) is 5.38. The molecule has 2 atom stereocenters. The third kappa shape index (κ3) is 6.35. The van der Waals surface area contributed by atoms with Crippen molar-refractivity contribution >= 4 is 11.6 Å². The molecule has 0 saturated carbocycles. The lowest BCUT2D eigenvalue weighted by molar-refractivity contribution is -0.138. The van der Waals surface area contributed by atoms with Crippen LogP contribution in [0.25, 0.3) is 0 Å². The smallest absolute Gasteiger partial charge is 0.381 e. The van der Waals surface area contributed by atoms with Crippen LogP contribution in [0.4, 0.5) is 18.9 Å². The molecule has 0 bridgehead atoms. The summed E-state index contributed by atoms with van der Waals surface area (Å²) in [5, 5.41) is 6.27. The Kier molecular flexibility index (Phi) is 8.28. The number of halogens is 3. The van der Waals surface area contributed by atoms with Gasteiger partial charge in [0.2, 0.25) is 0 Å². The SMILES string of the molecule is Cc1c([C@@H](C)NC(=O)c2cn(C3CCOCC3)c(=O)cc2N[C@@H]2CCCN(C)C2)cccc1C(F)(F)F. The average molecular weight is 521 g/mol. The lowest BCUT2D eigenvalue weighted by Gasteiger charge is -2.32. The predicted molar refractivity (Wildman–Crippen MR) is 136 cm³/mol. The largest absolute Gasteiger partial charge is 0.416 e. The van der Waals surface area contributed by atoms with Gasteiger partial charge in [0.05, 0.1) is 22.9 Å². The second kappa shape index (κ2) is 11.3. The Hall–Kier alpha value is -2.85. The molecule has 10 heteroatoms. The van der Waals surface area contributed by atoms with Gasteiger partial charge in [0.15, 0.2) is 0 Å². The van der Waals surface area contributed by atoms with Crippen LogP contribution in [-0.4, -0.2) is 54.8 Å². The fraction of sp³-hybridized carbons (Fsp3) is 0.556. The van der Waals surface area contributed by atoms with Gasteiger partial charge in [-0.3, -0.25) is 9.59 Å². The topological polar surface area (TPSA) is 75.6 Å². The molecule has 2 N–H and O–H groups in total. The molecule has 7 nitrogen and oxygen atoms in total. The summed E-state index contributed by atoms with van der Waals surface area (Å²) in [5.74, 6) is -0.447. The Balaban J connectivity index is 1.65. The number of nitrogens with zero attached hydrogens (tertiary/aromatic N) is 2. The van der Waals surface area contributed by atoms with Crippen molar-refractivity contribution in [3.8, 4) is 0 Å². The number of likely N-dealkylation sites (N-methyl/N-ethyl adjacent to an activating group) is 1. The van der Waals surface area contributed by atoms with Crippen molar-refractivity contribution in [3.63, 3.8) is 0 Å². The first kappa shape index (κ1) is 27.2. The Morgan fingerprint density at radius 3 is 2.59 bits per heavy atom. The number of rotatable bonds is 6. The van der Waals surface area contributed by atoms with Crippen LogP contribution in [-0.2, 0) is 10.9 Å². The highest BCUT2D eigenvalue weighted by Gasteiger charge is 2.33. The van der Waals surface area contributed by atoms with Crippen molar-refractivity contribution in [2.45, 2.75) is 63.8 Å². The minimum absolute atomic E-state index is 0.0757. The molecule has 2 aromatic rings. The highest BCUT2D eigenvalue weighted by Crippen LogP contribution is 2.34. The van der Waals surface area contributed by atoms with E-state index < -0.39 is 23.7 Å². The summed E-state index contributed by atoms with van der Waals surface area (Å²) < 4.78 is 47.3. The van der Waals surface area contributed by atoms with E-state index in [1.54, 1.807) is 23.8 Å². The minimum Gasteiger partial charge on any atom is -0.381 e. The number of carbonyl (C=O) groups is 1. The molecule has 1 aromatic heterocycles. The summed E-state index contributed by atoms with van der Waals surface area (Å²) in [7, 11) is 2.03. The second-order valence-electron chi connectivity index (χ2n) is 10.1. The quantitative estimate of drug-likeness (QED) is 0.586. The van der Waals surface area contributed by atoms with Crippen LogP contribution in [0.15, 0.2) is 35.3 Å². The molecular formula is C27H35F3N4O3. The van der Waals surface area contributed by atoms with Gasteiger partial charge in [0.1, 0.15) is 0 Å². The molecule has 202 valence electrons. The van der Waals surface area contributed by atoms with Crippen LogP contribution in [0.3, 0.4) is 0 Å². The summed E-state index contributed by atoms with van der Waals surface area (Å²) in [5.41, 5.74) is 0.303. The van der Waals surface area contributed by atoms with Crippen LogP contribution in [0.1, 0.15) is 71.7 Å². The fourth-order valence-electron chi connectivity index (χ4n) is 5.38. The molecule has 0 unspecified atom stereocenters. The van der Waals surface area contributed by atoms with Gasteiger partial charge < -0.3 is 24.8 Å². The summed E-state index contributed by atoms with van der Waals surface area (Å²) in [6.45, 7) is 5.93. The van der Waals surface area contributed by atoms with Crippen LogP contribution in [0.2, 0.25) is 0 Å². The van der Waals surface area contributed by atoms with Crippen LogP contribution >= 0.6 is 0 Å². The molecule has 2 aliphatic heterocycles. The first-order valence-corrected chi connectivity index (χ1v) is 12.8. The number of hydrogen-bond donors (Lipinski definition) is 2. The molecule has 3 heterocycles. The number of hydrogen-bond acceptors (Lipinski definition) is 5. The number of carbonyl (C=O) groups excluding carboxylic acids is 1. The summed E-state index contributed by atoms with van der Waals surface area (Å²) in [6, 6.07) is 4.78. The number of alkyl halides is 3. The maximum Gasteiger partial charge on any atom is 0.416 e. The van der Waals surface area contributed by atoms with Gasteiger partial charge >= 0.3 is 6.18 Å². The number of ether oxygens (including phenoxy) is 1. The zero-order valence-electron chi connectivity index (χ0n) is 21.5. The zero-order chi connectivity index (χ0) is 26.7. The number of piperidine rings is 1. The first-order valence-electron chi connectivity index (χ1n) is 12.8. The molecular weight excluding hydrogens is 485 g/mol. The van der Waals surface area contributed by atoms with Gasteiger partial charge in [-0.05, 0) is 70.3 Å². The molecule has 4 rings (SSSR count). The average Bonchev–Trinajstić information content (AvgIpc) is 2.84. The summed E-state index contributed by atoms with van der Waals surface area (Å²) in [4.78, 5) is 28.8. The van der Waals surface area contributed by atoms with Crippen LogP contribution in [0, 0.1) is 6.92 Å². The van der Waals surface area contributed by atoms with E-state index in [0.717, 1.165) is 32.0 Å². The normalized spacial score (nSPS) is 20.4. The Morgan fingerprint density at radius 2 is 1.92 bits per heavy atom. The molecule has 2 saturated heterocycles. The lowest BCUT2D eigenvalue weighted by atomic mass is 9.97. The monoisotopic (exact) mass is 520 g/mol. The molecule has 37 heavy (non-hydrogen) atoms. The number of nitrogens with one attached hydrogen (secondary N) is 2. The van der Waals surface area contributed by atoms with Gasteiger partial charge in [-0.1, -0.05) is 12.1 Å². The van der Waals surface area contributed by atoms with E-state index in [1.165, 1.54) is 19.1 Å². The molecule has 1 amide bonds. The van der Waals surface area contributed by atoms with E-state index in [-0.39, 0.29) is 23.2 Å². The van der Waals surface area contributed by atoms with Gasteiger partial charge in [-0.15, -0.1) is 0 Å². The molecule has 0 spiro atoms. The van der Waals surface area contributed by atoms with Crippen molar-refractivity contribution in [1.82, 2.24) is 14.8 Å². The van der Waals surface area contributed by atoms with Crippen LogP contribution < -0.4 is 16.2 Å². The summed E-state index contributed by atoms with van der Waals surface area (Å²) in [6.07, 6.45) is 0.360. The first-order chi connectivity index (χ1) is 17.5. The number of amides is 1. The molecule has 2 aliphatic rings. The van der Waals surface area contributed by atoms with E-state index in [0.29, 0.717) is 42.9 Å². The summed E-state index contributed by atoms with van der Waals surface area (Å²) >= 11 is 0. The van der Waals surface area contributed by atoms with Crippen molar-refractivity contribution < 1.29 is 22.7 Å². The Morgan fingerprint density at radius 1 is 1.19 bits per heavy atom. The number of aromatic nitrogens is 1. The van der Waals surface area contributed by atoms with E-state index >= 15 is 0 Å². The number of benzene rings is 1. The molecule has 2 fully saturated rings. The van der Waals surface area contributed by atoms with Gasteiger partial charge in [-0.2, -0.15) is 13.2 Å². The number of anilines is 1. The second-order valence-corrected chi connectivity index (χ2v) is 10.1. The molecule has 0 radical (unpaired) electrons. The highest BCUT2D eigenvalue weighted by atomic mass is 19.4. The molecule has 0 aliphatic carbocycles. The van der Waals surface area contributed by atoms with Gasteiger partial charge in [-0.25, -0.2) is 0 Å². The van der Waals surface area contributed by atoms with Crippen molar-refractivity contribution in [2.75, 3.05) is 38.7 Å². The third-order valence-corrected chi connectivity index (χ3v) is 7.39. The number of pyridine rings is 1. The van der Waals surface area contributed by atoms with Gasteiger partial charge in [0.25, 0.3) is 11.5 Å². The van der Waals surface area contributed by atoms with Crippen molar-refractivity contribution in [2.24, 2.45) is 0 Å². The van der Waals surface area contributed by atoms with E-state index in [9.17, 15) is 22.8 Å². The highest BCUT2D eigenvalue weighted by molar-refractivity contribution is 5.99. The third-order valence-electron chi connectivity index (χ3n) is 7.39. The van der Waals surface area contributed by atoms with Gasteiger partial charge in [0, 0.05) is 44.1 Å². The standard InChI is InChI=1S/C27H35F3N4O3/c1-17-21(7-4-8-23(17)27(28,29)30)18(2)31-26(36)22-16-34(20-9-12-37-13-10-20)25(35)14-24(22)32-19-6-5-11-33(3)15-19/h4,7-8,14,16,18-20,32H,5-6,9-13,15H2,1-3H3,(H,31,36)/t18-,19-/m1/s1. The Labute approximate surface area is 215 Å². The maximum atomic E-state index is 13.6. The predicted octanol–water partition coefficient (Wildman–Crippen LogP) is 4.52. The lowest BCUT2D eigenvalue weighted by Crippen LogP contribution is -2.41.